The van der Waals surface area contributed by atoms with Crippen molar-refractivity contribution in [1.29, 1.82) is 0 Å². The molecule has 0 heterocycles. The standard InChI is InChI=1S/C18H26O3/c1-4-11-21-16-8-6-5-7-13(16)15-12-18(2,3)10-9-14(15)17(19)20/h5-8,14-15H,4,9-12H2,1-3H3,(H,19,20). The van der Waals surface area contributed by atoms with Crippen LogP contribution in [-0.2, 0) is 4.79 Å². The first kappa shape index (κ1) is 15.9. The Labute approximate surface area is 127 Å². The van der Waals surface area contributed by atoms with Gasteiger partial charge in [0.25, 0.3) is 0 Å². The largest absolute Gasteiger partial charge is 0.493 e. The minimum absolute atomic E-state index is 0.0410. The maximum Gasteiger partial charge on any atom is 0.307 e. The fourth-order valence-corrected chi connectivity index (χ4v) is 3.34. The summed E-state index contributed by atoms with van der Waals surface area (Å²) in [5.74, 6) is -0.0854. The first-order valence-electron chi connectivity index (χ1n) is 7.89. The molecule has 1 saturated carbocycles. The summed E-state index contributed by atoms with van der Waals surface area (Å²) in [6, 6.07) is 7.94. The molecule has 0 radical (unpaired) electrons. The SMILES string of the molecule is CCCOc1ccccc1C1CC(C)(C)CCC1C(=O)O. The average Bonchev–Trinajstić information content (AvgIpc) is 2.44. The van der Waals surface area contributed by atoms with Gasteiger partial charge in [0.2, 0.25) is 0 Å². The number of carbonyl (C=O) groups is 1. The number of ether oxygens (including phenoxy) is 1. The Hall–Kier alpha value is -1.51. The number of benzene rings is 1. The first-order chi connectivity index (χ1) is 9.94. The predicted octanol–water partition coefficient (Wildman–Crippen LogP) is 4.47. The molecule has 1 aliphatic carbocycles. The molecule has 0 amide bonds. The second-order valence-corrected chi connectivity index (χ2v) is 6.84. The van der Waals surface area contributed by atoms with Gasteiger partial charge in [0, 0.05) is 5.92 Å². The van der Waals surface area contributed by atoms with Crippen molar-refractivity contribution in [2.45, 2.75) is 52.4 Å². The zero-order valence-corrected chi connectivity index (χ0v) is 13.3. The van der Waals surface area contributed by atoms with Crippen LogP contribution in [-0.4, -0.2) is 17.7 Å². The van der Waals surface area contributed by atoms with E-state index in [1.807, 2.05) is 24.3 Å². The van der Waals surface area contributed by atoms with E-state index in [1.54, 1.807) is 0 Å². The van der Waals surface area contributed by atoms with Gasteiger partial charge in [-0.2, -0.15) is 0 Å². The highest BCUT2D eigenvalue weighted by molar-refractivity contribution is 5.72. The number of carboxylic acid groups (broad SMARTS) is 1. The second kappa shape index (κ2) is 6.50. The normalized spacial score (nSPS) is 24.5. The van der Waals surface area contributed by atoms with Gasteiger partial charge in [-0.1, -0.05) is 39.0 Å². The maximum absolute atomic E-state index is 11.6. The van der Waals surface area contributed by atoms with Crippen LogP contribution >= 0.6 is 0 Å². The Bertz CT molecular complexity index is 493. The van der Waals surface area contributed by atoms with Gasteiger partial charge in [0.05, 0.1) is 12.5 Å². The van der Waals surface area contributed by atoms with E-state index >= 15 is 0 Å². The summed E-state index contributed by atoms with van der Waals surface area (Å²) < 4.78 is 5.84. The zero-order valence-electron chi connectivity index (χ0n) is 13.3. The molecule has 0 spiro atoms. The third-order valence-corrected chi connectivity index (χ3v) is 4.49. The van der Waals surface area contributed by atoms with Crippen molar-refractivity contribution in [1.82, 2.24) is 0 Å². The van der Waals surface area contributed by atoms with Crippen molar-refractivity contribution in [2.24, 2.45) is 11.3 Å². The molecule has 1 aliphatic rings. The Morgan fingerprint density at radius 2 is 2.10 bits per heavy atom. The second-order valence-electron chi connectivity index (χ2n) is 6.84. The summed E-state index contributed by atoms with van der Waals surface area (Å²) in [7, 11) is 0. The Kier molecular flexibility index (Phi) is 4.92. The minimum Gasteiger partial charge on any atom is -0.493 e. The summed E-state index contributed by atoms with van der Waals surface area (Å²) >= 11 is 0. The fourth-order valence-electron chi connectivity index (χ4n) is 3.34. The summed E-state index contributed by atoms with van der Waals surface area (Å²) in [5, 5.41) is 9.57. The Morgan fingerprint density at radius 3 is 2.76 bits per heavy atom. The van der Waals surface area contributed by atoms with Gasteiger partial charge in [0.15, 0.2) is 0 Å². The van der Waals surface area contributed by atoms with Crippen molar-refractivity contribution < 1.29 is 14.6 Å². The quantitative estimate of drug-likeness (QED) is 0.870. The van der Waals surface area contributed by atoms with E-state index in [2.05, 4.69) is 20.8 Å². The predicted molar refractivity (Wildman–Crippen MR) is 83.7 cm³/mol. The molecule has 2 atom stereocenters. The van der Waals surface area contributed by atoms with E-state index in [4.69, 9.17) is 4.74 Å². The van der Waals surface area contributed by atoms with Gasteiger partial charge < -0.3 is 9.84 Å². The molecule has 1 aromatic carbocycles. The van der Waals surface area contributed by atoms with Gasteiger partial charge in [-0.25, -0.2) is 0 Å². The van der Waals surface area contributed by atoms with Crippen molar-refractivity contribution >= 4 is 5.97 Å². The fraction of sp³-hybridized carbons (Fsp3) is 0.611. The number of hydrogen-bond donors (Lipinski definition) is 1. The van der Waals surface area contributed by atoms with E-state index in [0.29, 0.717) is 6.61 Å². The Morgan fingerprint density at radius 1 is 1.38 bits per heavy atom. The molecular weight excluding hydrogens is 264 g/mol. The average molecular weight is 290 g/mol. The third kappa shape index (κ3) is 3.78. The Balaban J connectivity index is 2.33. The van der Waals surface area contributed by atoms with Crippen LogP contribution in [0, 0.1) is 11.3 Å². The number of aliphatic carboxylic acids is 1. The van der Waals surface area contributed by atoms with E-state index < -0.39 is 5.97 Å². The molecule has 0 saturated heterocycles. The number of para-hydroxylation sites is 1. The highest BCUT2D eigenvalue weighted by Crippen LogP contribution is 2.48. The molecule has 0 bridgehead atoms. The van der Waals surface area contributed by atoms with Crippen molar-refractivity contribution in [3.05, 3.63) is 29.8 Å². The lowest BCUT2D eigenvalue weighted by atomic mass is 9.65. The number of rotatable bonds is 5. The molecule has 2 rings (SSSR count). The van der Waals surface area contributed by atoms with Gasteiger partial charge in [-0.3, -0.25) is 4.79 Å². The van der Waals surface area contributed by atoms with Crippen molar-refractivity contribution in [2.75, 3.05) is 6.61 Å². The lowest BCUT2D eigenvalue weighted by molar-refractivity contribution is -0.144. The molecule has 21 heavy (non-hydrogen) atoms. The summed E-state index contributed by atoms with van der Waals surface area (Å²) in [5.41, 5.74) is 1.25. The molecule has 1 fully saturated rings. The van der Waals surface area contributed by atoms with E-state index in [0.717, 1.165) is 37.0 Å². The molecule has 0 aliphatic heterocycles. The smallest absolute Gasteiger partial charge is 0.307 e. The van der Waals surface area contributed by atoms with E-state index in [9.17, 15) is 9.90 Å². The van der Waals surface area contributed by atoms with Crippen molar-refractivity contribution in [3.8, 4) is 5.75 Å². The summed E-state index contributed by atoms with van der Waals surface area (Å²) in [4.78, 5) is 11.6. The molecule has 3 nitrogen and oxygen atoms in total. The molecule has 0 aromatic heterocycles. The lowest BCUT2D eigenvalue weighted by Gasteiger charge is -2.39. The first-order valence-corrected chi connectivity index (χ1v) is 7.89. The van der Waals surface area contributed by atoms with Crippen LogP contribution < -0.4 is 4.74 Å². The van der Waals surface area contributed by atoms with Crippen LogP contribution in [0.3, 0.4) is 0 Å². The topological polar surface area (TPSA) is 46.5 Å². The molecule has 1 N–H and O–H groups in total. The van der Waals surface area contributed by atoms with Gasteiger partial charge in [0.1, 0.15) is 5.75 Å². The van der Waals surface area contributed by atoms with Gasteiger partial charge in [-0.05, 0) is 42.7 Å². The molecule has 3 heteroatoms. The molecule has 116 valence electrons. The summed E-state index contributed by atoms with van der Waals surface area (Å²) in [6.45, 7) is 7.21. The van der Waals surface area contributed by atoms with Gasteiger partial charge >= 0.3 is 5.97 Å². The van der Waals surface area contributed by atoms with Crippen LogP contribution in [0.5, 0.6) is 5.75 Å². The van der Waals surface area contributed by atoms with Crippen LogP contribution in [0.4, 0.5) is 0 Å². The number of hydrogen-bond acceptors (Lipinski definition) is 2. The third-order valence-electron chi connectivity index (χ3n) is 4.49. The monoisotopic (exact) mass is 290 g/mol. The highest BCUT2D eigenvalue weighted by atomic mass is 16.5. The maximum atomic E-state index is 11.6. The molecule has 1 aromatic rings. The van der Waals surface area contributed by atoms with Crippen LogP contribution in [0.15, 0.2) is 24.3 Å². The van der Waals surface area contributed by atoms with Crippen LogP contribution in [0.1, 0.15) is 57.9 Å². The lowest BCUT2D eigenvalue weighted by Crippen LogP contribution is -2.33. The zero-order chi connectivity index (χ0) is 15.5. The van der Waals surface area contributed by atoms with Crippen LogP contribution in [0.2, 0.25) is 0 Å². The highest BCUT2D eigenvalue weighted by Gasteiger charge is 2.40. The summed E-state index contributed by atoms with van der Waals surface area (Å²) in [6.07, 6.45) is 3.57. The molecular formula is C18H26O3. The molecule has 2 unspecified atom stereocenters. The minimum atomic E-state index is -0.680. The van der Waals surface area contributed by atoms with Gasteiger partial charge in [-0.15, -0.1) is 0 Å². The number of carboxylic acids is 1. The van der Waals surface area contributed by atoms with Crippen molar-refractivity contribution in [3.63, 3.8) is 0 Å². The van der Waals surface area contributed by atoms with Crippen LogP contribution in [0.25, 0.3) is 0 Å². The van der Waals surface area contributed by atoms with E-state index in [1.165, 1.54) is 0 Å². The van der Waals surface area contributed by atoms with E-state index in [-0.39, 0.29) is 17.3 Å².